The lowest BCUT2D eigenvalue weighted by atomic mass is 10.2. The van der Waals surface area contributed by atoms with E-state index in [1.165, 1.54) is 9.80 Å². The molecule has 0 radical (unpaired) electrons. The number of hydrogen-bond acceptors (Lipinski definition) is 10. The van der Waals surface area contributed by atoms with E-state index in [1.54, 1.807) is 36.6 Å². The van der Waals surface area contributed by atoms with Crippen LogP contribution in [0.3, 0.4) is 0 Å². The highest BCUT2D eigenvalue weighted by atomic mass is 32.2. The number of sulfone groups is 1. The number of benzene rings is 1. The quantitative estimate of drug-likeness (QED) is 0.273. The third kappa shape index (κ3) is 8.35. The molecule has 0 unspecified atom stereocenters. The van der Waals surface area contributed by atoms with E-state index in [-0.39, 0.29) is 44.2 Å². The first-order chi connectivity index (χ1) is 19.1. The van der Waals surface area contributed by atoms with Crippen LogP contribution in [-0.4, -0.2) is 111 Å². The van der Waals surface area contributed by atoms with Gasteiger partial charge < -0.3 is 28.6 Å². The first-order valence-electron chi connectivity index (χ1n) is 12.9. The van der Waals surface area contributed by atoms with Crippen LogP contribution >= 0.6 is 11.3 Å². The molecule has 40 heavy (non-hydrogen) atoms. The van der Waals surface area contributed by atoms with Crippen LogP contribution in [0.4, 0.5) is 4.79 Å². The fourth-order valence-corrected chi connectivity index (χ4v) is 6.24. The molecule has 3 rings (SSSR count). The molecule has 0 atom stereocenters. The lowest BCUT2D eigenvalue weighted by Gasteiger charge is -2.34. The number of esters is 1. The molecule has 1 aromatic heterocycles. The molecule has 1 saturated heterocycles. The number of rotatable bonds is 11. The monoisotopic (exact) mass is 598 g/mol. The van der Waals surface area contributed by atoms with E-state index in [0.29, 0.717) is 35.5 Å². The molecule has 1 aliphatic heterocycles. The summed E-state index contributed by atoms with van der Waals surface area (Å²) in [4.78, 5) is 56.5. The minimum Gasteiger partial charge on any atom is -0.462 e. The third-order valence-corrected chi connectivity index (χ3v) is 8.34. The number of nitrogens with zero attached hydrogens (tertiary/aromatic N) is 4. The van der Waals surface area contributed by atoms with E-state index in [1.807, 2.05) is 6.92 Å². The number of piperazine rings is 1. The van der Waals surface area contributed by atoms with Gasteiger partial charge in [-0.05, 0) is 39.0 Å². The second-order valence-electron chi connectivity index (χ2n) is 8.74. The number of ether oxygens (including phenoxy) is 3. The van der Waals surface area contributed by atoms with Crippen molar-refractivity contribution in [2.45, 2.75) is 27.3 Å². The van der Waals surface area contributed by atoms with Gasteiger partial charge in [0.25, 0.3) is 5.91 Å². The minimum atomic E-state index is -4.11. The fraction of sp³-hybridized carbons (Fsp3) is 0.560. The standard InChI is InChI=1S/C25H34N4O9S2/c1-4-36-14-13-29-19-8-7-18(23(32)37-5-2)15-20(19)39-24(29)26-21(30)16-40(34,35)17-22(31)27-9-11-28(12-10-27)25(33)38-6-3/h7-8,15H,4-6,9-14,16-17H2,1-3H3. The van der Waals surface area contributed by atoms with Crippen molar-refractivity contribution in [1.82, 2.24) is 14.4 Å². The summed E-state index contributed by atoms with van der Waals surface area (Å²) >= 11 is 1.13. The molecule has 13 nitrogen and oxygen atoms in total. The summed E-state index contributed by atoms with van der Waals surface area (Å²) < 4.78 is 43.2. The number of fused-ring (bicyclic) bond motifs is 1. The summed E-state index contributed by atoms with van der Waals surface area (Å²) in [5, 5.41) is 0. The van der Waals surface area contributed by atoms with Crippen molar-refractivity contribution in [2.75, 3.05) is 64.1 Å². The van der Waals surface area contributed by atoms with Crippen LogP contribution in [-0.2, 0) is 40.2 Å². The third-order valence-electron chi connectivity index (χ3n) is 5.92. The van der Waals surface area contributed by atoms with Crippen molar-refractivity contribution in [3.8, 4) is 0 Å². The average molecular weight is 599 g/mol. The van der Waals surface area contributed by atoms with Gasteiger partial charge in [-0.15, -0.1) is 0 Å². The van der Waals surface area contributed by atoms with Gasteiger partial charge in [-0.3, -0.25) is 9.59 Å². The minimum absolute atomic E-state index is 0.168. The maximum absolute atomic E-state index is 12.7. The molecule has 0 bridgehead atoms. The summed E-state index contributed by atoms with van der Waals surface area (Å²) in [6.45, 7) is 7.68. The lowest BCUT2D eigenvalue weighted by Crippen LogP contribution is -2.52. The number of thiazole rings is 1. The van der Waals surface area contributed by atoms with Gasteiger partial charge in [-0.2, -0.15) is 4.99 Å². The van der Waals surface area contributed by atoms with E-state index in [0.717, 1.165) is 11.3 Å². The Morgan fingerprint density at radius 1 is 0.925 bits per heavy atom. The van der Waals surface area contributed by atoms with Crippen molar-refractivity contribution >= 4 is 55.3 Å². The number of carbonyl (C=O) groups is 4. The van der Waals surface area contributed by atoms with Crippen LogP contribution in [0.5, 0.6) is 0 Å². The molecule has 3 amide bonds. The second-order valence-corrected chi connectivity index (χ2v) is 11.8. The highest BCUT2D eigenvalue weighted by molar-refractivity contribution is 7.92. The Morgan fingerprint density at radius 2 is 1.60 bits per heavy atom. The normalized spacial score (nSPS) is 14.4. The molecule has 0 N–H and O–H groups in total. The predicted octanol–water partition coefficient (Wildman–Crippen LogP) is 1.06. The van der Waals surface area contributed by atoms with Crippen molar-refractivity contribution in [1.29, 1.82) is 0 Å². The van der Waals surface area contributed by atoms with Crippen molar-refractivity contribution in [3.63, 3.8) is 0 Å². The Hall–Kier alpha value is -3.30. The van der Waals surface area contributed by atoms with E-state index in [9.17, 15) is 27.6 Å². The van der Waals surface area contributed by atoms with Crippen molar-refractivity contribution in [3.05, 3.63) is 28.6 Å². The number of hydrogen-bond donors (Lipinski definition) is 0. The van der Waals surface area contributed by atoms with Gasteiger partial charge in [0.15, 0.2) is 14.6 Å². The van der Waals surface area contributed by atoms with Gasteiger partial charge in [0.1, 0.15) is 11.5 Å². The van der Waals surface area contributed by atoms with Crippen molar-refractivity contribution in [2.24, 2.45) is 4.99 Å². The molecule has 2 aromatic rings. The average Bonchev–Trinajstić information content (AvgIpc) is 3.24. The SMILES string of the molecule is CCOCCn1c(=NC(=O)CS(=O)(=O)CC(=O)N2CCN(C(=O)OCC)CC2)sc2cc(C(=O)OCC)ccc21. The van der Waals surface area contributed by atoms with E-state index in [4.69, 9.17) is 14.2 Å². The smallest absolute Gasteiger partial charge is 0.409 e. The zero-order valence-corrected chi connectivity index (χ0v) is 24.4. The Balaban J connectivity index is 1.73. The molecular weight excluding hydrogens is 564 g/mol. The van der Waals surface area contributed by atoms with Gasteiger partial charge in [0.2, 0.25) is 5.91 Å². The molecule has 0 aliphatic carbocycles. The largest absolute Gasteiger partial charge is 0.462 e. The topological polar surface area (TPSA) is 154 Å². The van der Waals surface area contributed by atoms with E-state index in [2.05, 4.69) is 4.99 Å². The summed E-state index contributed by atoms with van der Waals surface area (Å²) in [6.07, 6.45) is -0.480. The van der Waals surface area contributed by atoms with E-state index >= 15 is 0 Å². The highest BCUT2D eigenvalue weighted by Gasteiger charge is 2.29. The summed E-state index contributed by atoms with van der Waals surface area (Å²) in [7, 11) is -4.11. The van der Waals surface area contributed by atoms with Gasteiger partial charge in [-0.1, -0.05) is 11.3 Å². The van der Waals surface area contributed by atoms with Gasteiger partial charge in [0.05, 0.1) is 35.6 Å². The molecular formula is C25H34N4O9S2. The fourth-order valence-electron chi connectivity index (χ4n) is 4.03. The van der Waals surface area contributed by atoms with Crippen molar-refractivity contribution < 1.29 is 41.8 Å². The Bertz CT molecular complexity index is 1410. The number of aromatic nitrogens is 1. The molecule has 1 aliphatic rings. The molecule has 0 spiro atoms. The molecule has 15 heteroatoms. The molecule has 2 heterocycles. The van der Waals surface area contributed by atoms with Crippen LogP contribution in [0.1, 0.15) is 31.1 Å². The summed E-state index contributed by atoms with van der Waals surface area (Å²) in [5.41, 5.74) is 1.04. The molecule has 1 aromatic carbocycles. The maximum Gasteiger partial charge on any atom is 0.409 e. The zero-order valence-electron chi connectivity index (χ0n) is 22.8. The van der Waals surface area contributed by atoms with Crippen LogP contribution in [0, 0.1) is 0 Å². The van der Waals surface area contributed by atoms with E-state index < -0.39 is 45.2 Å². The molecule has 0 saturated carbocycles. The first-order valence-corrected chi connectivity index (χ1v) is 15.6. The van der Waals surface area contributed by atoms with Crippen LogP contribution in [0.25, 0.3) is 10.2 Å². The van der Waals surface area contributed by atoms with Gasteiger partial charge in [-0.25, -0.2) is 18.0 Å². The second kappa shape index (κ2) is 14.4. The van der Waals surface area contributed by atoms with Crippen LogP contribution in [0.2, 0.25) is 0 Å². The molecule has 220 valence electrons. The Kier molecular flexibility index (Phi) is 11.2. The first kappa shape index (κ1) is 31.2. The maximum atomic E-state index is 12.7. The molecule has 1 fully saturated rings. The Morgan fingerprint density at radius 3 is 2.25 bits per heavy atom. The van der Waals surface area contributed by atoms with Crippen LogP contribution < -0.4 is 4.80 Å². The lowest BCUT2D eigenvalue weighted by molar-refractivity contribution is -0.130. The summed E-state index contributed by atoms with van der Waals surface area (Å²) in [5.74, 6) is -3.81. The zero-order chi connectivity index (χ0) is 29.3. The Labute approximate surface area is 236 Å². The van der Waals surface area contributed by atoms with Crippen LogP contribution in [0.15, 0.2) is 23.2 Å². The number of amides is 3. The summed E-state index contributed by atoms with van der Waals surface area (Å²) in [6, 6.07) is 4.96. The van der Waals surface area contributed by atoms with Gasteiger partial charge >= 0.3 is 12.1 Å². The predicted molar refractivity (Wildman–Crippen MR) is 147 cm³/mol. The highest BCUT2D eigenvalue weighted by Crippen LogP contribution is 2.20. The number of carbonyl (C=O) groups excluding carboxylic acids is 4. The van der Waals surface area contributed by atoms with Gasteiger partial charge in [0, 0.05) is 39.3 Å².